The zero-order valence-corrected chi connectivity index (χ0v) is 13.8. The van der Waals surface area contributed by atoms with E-state index in [2.05, 4.69) is 4.72 Å². The minimum atomic E-state index is -3.72. The van der Waals surface area contributed by atoms with E-state index in [1.165, 1.54) is 6.07 Å². The number of rotatable bonds is 6. The number of hydrogen-bond donors (Lipinski definition) is 2. The molecule has 1 aromatic rings. The Morgan fingerprint density at radius 3 is 2.52 bits per heavy atom. The van der Waals surface area contributed by atoms with Crippen molar-refractivity contribution in [3.8, 4) is 6.07 Å². The van der Waals surface area contributed by atoms with Crippen molar-refractivity contribution in [1.29, 1.82) is 5.26 Å². The normalized spacial score (nSPS) is 14.7. The number of hydrogen-bond acceptors (Lipinski definition) is 4. The lowest BCUT2D eigenvalue weighted by Crippen LogP contribution is -2.52. The molecule has 5 nitrogen and oxygen atoms in total. The fourth-order valence-electron chi connectivity index (χ4n) is 2.41. The van der Waals surface area contributed by atoms with Gasteiger partial charge in [0.25, 0.3) is 0 Å². The Kier molecular flexibility index (Phi) is 5.51. The topological polar surface area (TPSA) is 96.0 Å². The van der Waals surface area contributed by atoms with Gasteiger partial charge in [-0.15, -0.1) is 0 Å². The monoisotopic (exact) mass is 309 g/mol. The van der Waals surface area contributed by atoms with Crippen molar-refractivity contribution in [3.05, 3.63) is 29.3 Å². The molecule has 0 saturated heterocycles. The van der Waals surface area contributed by atoms with Crippen LogP contribution < -0.4 is 10.5 Å². The number of sulfonamides is 1. The maximum Gasteiger partial charge on any atom is 0.241 e. The van der Waals surface area contributed by atoms with Crippen molar-refractivity contribution < 1.29 is 8.42 Å². The molecule has 1 rings (SSSR count). The van der Waals surface area contributed by atoms with Gasteiger partial charge in [-0.2, -0.15) is 5.26 Å². The summed E-state index contributed by atoms with van der Waals surface area (Å²) in [6.07, 6.45) is 0.639. The molecule has 116 valence electrons. The lowest BCUT2D eigenvalue weighted by Gasteiger charge is -2.31. The van der Waals surface area contributed by atoms with E-state index in [0.29, 0.717) is 23.5 Å². The molecule has 0 bridgehead atoms. The van der Waals surface area contributed by atoms with Gasteiger partial charge in [0.1, 0.15) is 0 Å². The van der Waals surface area contributed by atoms with Crippen LogP contribution in [0.4, 0.5) is 0 Å². The summed E-state index contributed by atoms with van der Waals surface area (Å²) < 4.78 is 27.9. The van der Waals surface area contributed by atoms with Gasteiger partial charge in [0, 0.05) is 12.1 Å². The minimum Gasteiger partial charge on any atom is -0.329 e. The second kappa shape index (κ2) is 6.56. The Morgan fingerprint density at radius 1 is 1.43 bits per heavy atom. The molecule has 0 aromatic heterocycles. The van der Waals surface area contributed by atoms with Gasteiger partial charge in [-0.25, -0.2) is 13.1 Å². The Hall–Kier alpha value is -1.42. The molecule has 0 fully saturated rings. The Balaban J connectivity index is 3.20. The molecule has 0 aliphatic carbocycles. The van der Waals surface area contributed by atoms with E-state index in [-0.39, 0.29) is 11.4 Å². The number of nitrogens with zero attached hydrogens (tertiary/aromatic N) is 1. The van der Waals surface area contributed by atoms with E-state index in [9.17, 15) is 8.42 Å². The molecule has 0 radical (unpaired) electrons. The number of nitrogens with two attached hydrogens (primary N) is 1. The van der Waals surface area contributed by atoms with Gasteiger partial charge in [0.15, 0.2) is 0 Å². The molecule has 21 heavy (non-hydrogen) atoms. The van der Waals surface area contributed by atoms with Crippen LogP contribution in [0.25, 0.3) is 0 Å². The number of nitriles is 1. The molecule has 0 spiro atoms. The molecule has 1 aromatic carbocycles. The van der Waals surface area contributed by atoms with Crippen molar-refractivity contribution in [3.63, 3.8) is 0 Å². The van der Waals surface area contributed by atoms with Crippen molar-refractivity contribution in [1.82, 2.24) is 4.72 Å². The van der Waals surface area contributed by atoms with E-state index in [1.54, 1.807) is 26.0 Å². The van der Waals surface area contributed by atoms with Crippen LogP contribution in [0.1, 0.15) is 38.3 Å². The van der Waals surface area contributed by atoms with Crippen LogP contribution in [0.5, 0.6) is 0 Å². The molecule has 0 aliphatic rings. The molecule has 3 N–H and O–H groups in total. The van der Waals surface area contributed by atoms with Crippen LogP contribution >= 0.6 is 0 Å². The molecule has 1 atom stereocenters. The Labute approximate surface area is 127 Å². The second-order valence-corrected chi connectivity index (χ2v) is 7.71. The highest BCUT2D eigenvalue weighted by Gasteiger charge is 2.31. The second-order valence-electron chi connectivity index (χ2n) is 6.06. The summed E-state index contributed by atoms with van der Waals surface area (Å²) in [7, 11) is -3.72. The SMILES string of the molecule is Cc1ccc(C#N)cc1S(=O)(=O)NC(C)(CN)CC(C)C. The molecule has 0 saturated carbocycles. The summed E-state index contributed by atoms with van der Waals surface area (Å²) in [6.45, 7) is 7.75. The third-order valence-corrected chi connectivity index (χ3v) is 5.08. The molecule has 0 aliphatic heterocycles. The number of aryl methyl sites for hydroxylation is 1. The van der Waals surface area contributed by atoms with Crippen LogP contribution in [0.3, 0.4) is 0 Å². The van der Waals surface area contributed by atoms with Crippen LogP contribution in [0.2, 0.25) is 0 Å². The molecule has 1 unspecified atom stereocenters. The van der Waals surface area contributed by atoms with Crippen molar-refractivity contribution in [2.75, 3.05) is 6.54 Å². The third-order valence-electron chi connectivity index (χ3n) is 3.30. The number of benzene rings is 1. The maximum atomic E-state index is 12.6. The standard InChI is InChI=1S/C15H23N3O2S/c1-11(2)8-15(4,10-17)18-21(19,20)14-7-13(9-16)6-5-12(14)3/h5-7,11,18H,8,10,17H2,1-4H3. The molecular weight excluding hydrogens is 286 g/mol. The predicted octanol–water partition coefficient (Wildman–Crippen LogP) is 1.91. The van der Waals surface area contributed by atoms with Crippen LogP contribution in [-0.2, 0) is 10.0 Å². The van der Waals surface area contributed by atoms with Crippen molar-refractivity contribution in [2.24, 2.45) is 11.7 Å². The zero-order valence-electron chi connectivity index (χ0n) is 13.0. The lowest BCUT2D eigenvalue weighted by atomic mass is 9.92. The van der Waals surface area contributed by atoms with Gasteiger partial charge in [-0.3, -0.25) is 0 Å². The van der Waals surface area contributed by atoms with E-state index in [0.717, 1.165) is 0 Å². The summed E-state index contributed by atoms with van der Waals surface area (Å²) in [6, 6.07) is 6.59. The highest BCUT2D eigenvalue weighted by Crippen LogP contribution is 2.22. The smallest absolute Gasteiger partial charge is 0.241 e. The number of nitrogens with one attached hydrogen (secondary N) is 1. The van der Waals surface area contributed by atoms with Crippen molar-refractivity contribution in [2.45, 2.75) is 44.6 Å². The molecular formula is C15H23N3O2S. The first kappa shape index (κ1) is 17.6. The van der Waals surface area contributed by atoms with Gasteiger partial charge in [0.05, 0.1) is 16.5 Å². The summed E-state index contributed by atoms with van der Waals surface area (Å²) >= 11 is 0. The highest BCUT2D eigenvalue weighted by atomic mass is 32.2. The largest absolute Gasteiger partial charge is 0.329 e. The summed E-state index contributed by atoms with van der Waals surface area (Å²) in [5.74, 6) is 0.313. The molecule has 0 amide bonds. The van der Waals surface area contributed by atoms with Gasteiger partial charge in [-0.1, -0.05) is 19.9 Å². The van der Waals surface area contributed by atoms with Crippen LogP contribution in [0, 0.1) is 24.2 Å². The Bertz CT molecular complexity index is 647. The lowest BCUT2D eigenvalue weighted by molar-refractivity contribution is 0.344. The average Bonchev–Trinajstić information content (AvgIpc) is 2.37. The maximum absolute atomic E-state index is 12.6. The fraction of sp³-hybridized carbons (Fsp3) is 0.533. The summed E-state index contributed by atoms with van der Waals surface area (Å²) in [4.78, 5) is 0.130. The first-order valence-electron chi connectivity index (χ1n) is 6.88. The van der Waals surface area contributed by atoms with E-state index >= 15 is 0 Å². The van der Waals surface area contributed by atoms with Gasteiger partial charge >= 0.3 is 0 Å². The Morgan fingerprint density at radius 2 is 2.05 bits per heavy atom. The van der Waals surface area contributed by atoms with Gasteiger partial charge in [-0.05, 0) is 43.9 Å². The van der Waals surface area contributed by atoms with Gasteiger partial charge < -0.3 is 5.73 Å². The average molecular weight is 309 g/mol. The highest BCUT2D eigenvalue weighted by molar-refractivity contribution is 7.89. The van der Waals surface area contributed by atoms with E-state index in [4.69, 9.17) is 11.0 Å². The first-order valence-corrected chi connectivity index (χ1v) is 8.36. The third kappa shape index (κ3) is 4.53. The van der Waals surface area contributed by atoms with Crippen molar-refractivity contribution >= 4 is 10.0 Å². The van der Waals surface area contributed by atoms with Crippen LogP contribution in [-0.4, -0.2) is 20.5 Å². The quantitative estimate of drug-likeness (QED) is 0.839. The first-order chi connectivity index (χ1) is 9.63. The zero-order chi connectivity index (χ0) is 16.3. The summed E-state index contributed by atoms with van der Waals surface area (Å²) in [5, 5.41) is 8.93. The van der Waals surface area contributed by atoms with E-state index in [1.807, 2.05) is 19.9 Å². The molecule has 0 heterocycles. The predicted molar refractivity (Wildman–Crippen MR) is 83.1 cm³/mol. The van der Waals surface area contributed by atoms with E-state index < -0.39 is 15.6 Å². The fourth-order valence-corrected chi connectivity index (χ4v) is 4.11. The summed E-state index contributed by atoms with van der Waals surface area (Å²) in [5.41, 5.74) is 5.97. The minimum absolute atomic E-state index is 0.130. The van der Waals surface area contributed by atoms with Crippen LogP contribution in [0.15, 0.2) is 23.1 Å². The van der Waals surface area contributed by atoms with Gasteiger partial charge in [0.2, 0.25) is 10.0 Å². The molecule has 6 heteroatoms.